The van der Waals surface area contributed by atoms with Crippen molar-refractivity contribution in [3.8, 4) is 0 Å². The van der Waals surface area contributed by atoms with Gasteiger partial charge in [0, 0.05) is 18.7 Å². The molecule has 0 aliphatic carbocycles. The molecule has 0 saturated heterocycles. The molecule has 1 aromatic carbocycles. The Kier molecular flexibility index (Phi) is 5.82. The Hall–Kier alpha value is -1.51. The highest BCUT2D eigenvalue weighted by molar-refractivity contribution is 7.89. The molecule has 1 atom stereocenters. The zero-order valence-electron chi connectivity index (χ0n) is 12.4. The summed E-state index contributed by atoms with van der Waals surface area (Å²) in [6, 6.07) is 3.82. The van der Waals surface area contributed by atoms with Crippen molar-refractivity contribution in [3.05, 3.63) is 33.9 Å². The molecular formula is C13H21N3O4S. The maximum Gasteiger partial charge on any atom is 0.289 e. The fraction of sp³-hybridized carbons (Fsp3) is 0.538. The van der Waals surface area contributed by atoms with Crippen molar-refractivity contribution >= 4 is 15.7 Å². The summed E-state index contributed by atoms with van der Waals surface area (Å²) in [5.41, 5.74) is 5.73. The SMILES string of the molecule is Cc1cccc([N+](=O)[O-])c1S(=O)(=O)NCC(N)CC(C)C. The van der Waals surface area contributed by atoms with Crippen molar-refractivity contribution in [1.82, 2.24) is 4.72 Å². The Balaban J connectivity index is 3.01. The van der Waals surface area contributed by atoms with Gasteiger partial charge in [-0.25, -0.2) is 13.1 Å². The number of nitrogens with zero attached hydrogens (tertiary/aromatic N) is 1. The number of hydrogen-bond donors (Lipinski definition) is 2. The van der Waals surface area contributed by atoms with Gasteiger partial charge in [0.15, 0.2) is 4.90 Å². The second kappa shape index (κ2) is 6.97. The van der Waals surface area contributed by atoms with Crippen LogP contribution in [0.4, 0.5) is 5.69 Å². The molecule has 0 spiro atoms. The van der Waals surface area contributed by atoms with E-state index < -0.39 is 20.6 Å². The first-order valence-corrected chi connectivity index (χ1v) is 8.12. The van der Waals surface area contributed by atoms with Crippen LogP contribution in [0.3, 0.4) is 0 Å². The first-order valence-electron chi connectivity index (χ1n) is 6.64. The topological polar surface area (TPSA) is 115 Å². The van der Waals surface area contributed by atoms with Gasteiger partial charge in [0.25, 0.3) is 5.69 Å². The largest absolute Gasteiger partial charge is 0.327 e. The minimum atomic E-state index is -3.97. The summed E-state index contributed by atoms with van der Waals surface area (Å²) in [5.74, 6) is 0.345. The minimum Gasteiger partial charge on any atom is -0.327 e. The Morgan fingerprint density at radius 2 is 2.00 bits per heavy atom. The molecule has 1 rings (SSSR count). The van der Waals surface area contributed by atoms with Gasteiger partial charge in [0.05, 0.1) is 4.92 Å². The van der Waals surface area contributed by atoms with Crippen molar-refractivity contribution < 1.29 is 13.3 Å². The second-order valence-electron chi connectivity index (χ2n) is 5.42. The number of nitrogens with two attached hydrogens (primary N) is 1. The van der Waals surface area contributed by atoms with Gasteiger partial charge in [0.1, 0.15) is 0 Å². The van der Waals surface area contributed by atoms with E-state index in [2.05, 4.69) is 4.72 Å². The summed E-state index contributed by atoms with van der Waals surface area (Å²) >= 11 is 0. The van der Waals surface area contributed by atoms with Crippen molar-refractivity contribution in [2.75, 3.05) is 6.54 Å². The average molecular weight is 315 g/mol. The summed E-state index contributed by atoms with van der Waals surface area (Å²) < 4.78 is 27.0. The first-order chi connectivity index (χ1) is 9.65. The molecule has 3 N–H and O–H groups in total. The summed E-state index contributed by atoms with van der Waals surface area (Å²) in [7, 11) is -3.97. The predicted octanol–water partition coefficient (Wildman–Crippen LogP) is 1.55. The molecule has 118 valence electrons. The number of nitrogens with one attached hydrogen (secondary N) is 1. The van der Waals surface area contributed by atoms with E-state index in [0.717, 1.165) is 0 Å². The number of nitro groups is 1. The molecule has 0 aromatic heterocycles. The van der Waals surface area contributed by atoms with Crippen LogP contribution in [0.25, 0.3) is 0 Å². The molecule has 0 bridgehead atoms. The molecule has 0 heterocycles. The van der Waals surface area contributed by atoms with Crippen molar-refractivity contribution in [1.29, 1.82) is 0 Å². The van der Waals surface area contributed by atoms with Gasteiger partial charge in [-0.05, 0) is 24.8 Å². The van der Waals surface area contributed by atoms with Crippen molar-refractivity contribution in [2.45, 2.75) is 38.1 Å². The van der Waals surface area contributed by atoms with E-state index in [4.69, 9.17) is 5.73 Å². The van der Waals surface area contributed by atoms with E-state index in [0.29, 0.717) is 17.9 Å². The van der Waals surface area contributed by atoms with E-state index in [1.54, 1.807) is 0 Å². The third-order valence-electron chi connectivity index (χ3n) is 2.97. The fourth-order valence-corrected chi connectivity index (χ4v) is 3.60. The van der Waals surface area contributed by atoms with Crippen LogP contribution in [0.5, 0.6) is 0 Å². The van der Waals surface area contributed by atoms with Gasteiger partial charge >= 0.3 is 0 Å². The van der Waals surface area contributed by atoms with Crippen LogP contribution in [0.2, 0.25) is 0 Å². The summed E-state index contributed by atoms with van der Waals surface area (Å²) in [5, 5.41) is 11.0. The highest BCUT2D eigenvalue weighted by Gasteiger charge is 2.27. The van der Waals surface area contributed by atoms with Gasteiger partial charge in [-0.1, -0.05) is 26.0 Å². The highest BCUT2D eigenvalue weighted by atomic mass is 32.2. The van der Waals surface area contributed by atoms with Crippen molar-refractivity contribution in [3.63, 3.8) is 0 Å². The number of sulfonamides is 1. The third-order valence-corrected chi connectivity index (χ3v) is 4.58. The molecule has 8 heteroatoms. The van der Waals surface area contributed by atoms with E-state index >= 15 is 0 Å². The number of rotatable bonds is 7. The second-order valence-corrected chi connectivity index (χ2v) is 7.13. The highest BCUT2D eigenvalue weighted by Crippen LogP contribution is 2.26. The first kappa shape index (κ1) is 17.5. The van der Waals surface area contributed by atoms with Gasteiger partial charge < -0.3 is 5.73 Å². The normalized spacial score (nSPS) is 13.4. The Labute approximate surface area is 124 Å². The Morgan fingerprint density at radius 1 is 1.38 bits per heavy atom. The zero-order chi connectivity index (χ0) is 16.2. The average Bonchev–Trinajstić information content (AvgIpc) is 2.35. The standard InChI is InChI=1S/C13H21N3O4S/c1-9(2)7-11(14)8-15-21(19,20)13-10(3)5-4-6-12(13)16(17)18/h4-6,9,11,15H,7-8,14H2,1-3H3. The molecule has 1 unspecified atom stereocenters. The number of hydrogen-bond acceptors (Lipinski definition) is 5. The molecule has 0 aliphatic rings. The molecule has 1 aromatic rings. The van der Waals surface area contributed by atoms with Crippen LogP contribution in [0.1, 0.15) is 25.8 Å². The maximum atomic E-state index is 12.3. The third kappa shape index (κ3) is 4.76. The predicted molar refractivity (Wildman–Crippen MR) is 80.5 cm³/mol. The summed E-state index contributed by atoms with van der Waals surface area (Å²) in [6.45, 7) is 5.54. The quantitative estimate of drug-likeness (QED) is 0.585. The van der Waals surface area contributed by atoms with Crippen LogP contribution in [-0.4, -0.2) is 25.9 Å². The molecule has 0 amide bonds. The van der Waals surface area contributed by atoms with E-state index in [-0.39, 0.29) is 17.5 Å². The van der Waals surface area contributed by atoms with E-state index in [1.807, 2.05) is 13.8 Å². The van der Waals surface area contributed by atoms with Crippen LogP contribution >= 0.6 is 0 Å². The van der Waals surface area contributed by atoms with E-state index in [1.165, 1.54) is 25.1 Å². The lowest BCUT2D eigenvalue weighted by atomic mass is 10.1. The molecule has 0 saturated carbocycles. The van der Waals surface area contributed by atoms with Gasteiger partial charge in [-0.2, -0.15) is 0 Å². The van der Waals surface area contributed by atoms with Gasteiger partial charge in [0.2, 0.25) is 10.0 Å². The molecule has 0 fully saturated rings. The minimum absolute atomic E-state index is 0.0476. The Bertz CT molecular complexity index is 614. The molecule has 0 aliphatic heterocycles. The fourth-order valence-electron chi connectivity index (χ4n) is 2.11. The number of benzene rings is 1. The van der Waals surface area contributed by atoms with Crippen LogP contribution in [0.15, 0.2) is 23.1 Å². The van der Waals surface area contributed by atoms with Crippen molar-refractivity contribution in [2.24, 2.45) is 11.7 Å². The lowest BCUT2D eigenvalue weighted by Crippen LogP contribution is -2.38. The van der Waals surface area contributed by atoms with Crippen LogP contribution < -0.4 is 10.5 Å². The van der Waals surface area contributed by atoms with E-state index in [9.17, 15) is 18.5 Å². The summed E-state index contributed by atoms with van der Waals surface area (Å²) in [4.78, 5) is 9.99. The number of aryl methyl sites for hydroxylation is 1. The lowest BCUT2D eigenvalue weighted by molar-refractivity contribution is -0.387. The molecule has 7 nitrogen and oxygen atoms in total. The lowest BCUT2D eigenvalue weighted by Gasteiger charge is -2.15. The maximum absolute atomic E-state index is 12.3. The van der Waals surface area contributed by atoms with Crippen LogP contribution in [-0.2, 0) is 10.0 Å². The zero-order valence-corrected chi connectivity index (χ0v) is 13.2. The van der Waals surface area contributed by atoms with Gasteiger partial charge in [-0.3, -0.25) is 10.1 Å². The molecule has 0 radical (unpaired) electrons. The van der Waals surface area contributed by atoms with Crippen LogP contribution in [0, 0.1) is 23.0 Å². The number of nitro benzene ring substituents is 1. The Morgan fingerprint density at radius 3 is 2.52 bits per heavy atom. The monoisotopic (exact) mass is 315 g/mol. The molecular weight excluding hydrogens is 294 g/mol. The molecule has 21 heavy (non-hydrogen) atoms. The smallest absolute Gasteiger partial charge is 0.289 e. The van der Waals surface area contributed by atoms with Gasteiger partial charge in [-0.15, -0.1) is 0 Å². The summed E-state index contributed by atoms with van der Waals surface area (Å²) in [6.07, 6.45) is 0.665.